The molecule has 0 spiro atoms. The van der Waals surface area contributed by atoms with Crippen molar-refractivity contribution in [3.63, 3.8) is 0 Å². The van der Waals surface area contributed by atoms with Crippen molar-refractivity contribution in [2.24, 2.45) is 0 Å². The Morgan fingerprint density at radius 3 is 2.43 bits per heavy atom. The largest absolute Gasteiger partial charge is 0.504 e. The second-order valence-corrected chi connectivity index (χ2v) is 5.02. The molecular weight excluding hydrogens is 296 g/mol. The van der Waals surface area contributed by atoms with Crippen molar-refractivity contribution in [3.05, 3.63) is 40.4 Å². The molecule has 0 bridgehead atoms. The maximum atomic E-state index is 9.60. The molecule has 2 aromatic rings. The van der Waals surface area contributed by atoms with Gasteiger partial charge in [-0.25, -0.2) is 0 Å². The van der Waals surface area contributed by atoms with Crippen LogP contribution in [0.1, 0.15) is 11.1 Å². The van der Waals surface area contributed by atoms with E-state index in [4.69, 9.17) is 16.3 Å². The number of phenolic OH excluding ortho intramolecular Hbond substituents is 4. The lowest BCUT2D eigenvalue weighted by Gasteiger charge is -2.20. The van der Waals surface area contributed by atoms with Gasteiger partial charge in [-0.2, -0.15) is 0 Å². The second kappa shape index (κ2) is 4.79. The van der Waals surface area contributed by atoms with Gasteiger partial charge in [0.05, 0.1) is 0 Å². The molecule has 0 saturated heterocycles. The molecule has 1 aliphatic rings. The first-order valence-electron chi connectivity index (χ1n) is 6.07. The van der Waals surface area contributed by atoms with E-state index >= 15 is 0 Å². The zero-order valence-electron chi connectivity index (χ0n) is 10.7. The van der Waals surface area contributed by atoms with Gasteiger partial charge in [0.15, 0.2) is 23.0 Å². The summed E-state index contributed by atoms with van der Waals surface area (Å²) in [6, 6.07) is 5.77. The van der Waals surface area contributed by atoms with E-state index in [1.54, 1.807) is 12.1 Å². The normalized spacial score (nSPS) is 13.3. The molecule has 0 fully saturated rings. The average molecular weight is 307 g/mol. The third-order valence-electron chi connectivity index (χ3n) is 3.25. The Hall–Kier alpha value is -2.53. The number of aromatic hydroxyl groups is 4. The van der Waals surface area contributed by atoms with Crippen molar-refractivity contribution in [1.29, 1.82) is 0 Å². The number of fused-ring (bicyclic) bond motifs is 1. The third kappa shape index (κ3) is 2.21. The van der Waals surface area contributed by atoms with Gasteiger partial charge in [-0.15, -0.1) is 0 Å². The van der Waals surface area contributed by atoms with Gasteiger partial charge in [0.1, 0.15) is 17.4 Å². The Morgan fingerprint density at radius 1 is 0.952 bits per heavy atom. The van der Waals surface area contributed by atoms with Crippen molar-refractivity contribution in [2.45, 2.75) is 0 Å². The Labute approximate surface area is 124 Å². The summed E-state index contributed by atoms with van der Waals surface area (Å²) in [6.07, 6.45) is 1.73. The van der Waals surface area contributed by atoms with E-state index in [2.05, 4.69) is 0 Å². The number of hydrogen-bond acceptors (Lipinski definition) is 5. The predicted octanol–water partition coefficient (Wildman–Crippen LogP) is 3.10. The zero-order chi connectivity index (χ0) is 15.1. The smallest absolute Gasteiger partial charge is 0.180 e. The lowest BCUT2D eigenvalue weighted by Crippen LogP contribution is -2.07. The fourth-order valence-corrected chi connectivity index (χ4v) is 2.41. The number of halogens is 1. The molecule has 0 amide bonds. The minimum absolute atomic E-state index is 0.0474. The first-order chi connectivity index (χ1) is 9.97. The standard InChI is InChI=1S/C15H11ClO5/c16-13-14(20)12(19)5-8-3-9(6-21-15(8)13)7-1-2-10(17)11(18)4-7/h1-5,17-20H,6H2. The van der Waals surface area contributed by atoms with Gasteiger partial charge >= 0.3 is 0 Å². The Morgan fingerprint density at radius 2 is 1.71 bits per heavy atom. The molecule has 0 atom stereocenters. The van der Waals surface area contributed by atoms with E-state index in [9.17, 15) is 20.4 Å². The third-order valence-corrected chi connectivity index (χ3v) is 3.60. The highest BCUT2D eigenvalue weighted by molar-refractivity contribution is 6.34. The molecule has 2 aromatic carbocycles. The van der Waals surface area contributed by atoms with Gasteiger partial charge in [-0.1, -0.05) is 17.7 Å². The van der Waals surface area contributed by atoms with E-state index in [0.29, 0.717) is 16.9 Å². The highest BCUT2D eigenvalue weighted by Gasteiger charge is 2.21. The maximum Gasteiger partial charge on any atom is 0.180 e. The molecule has 0 aliphatic carbocycles. The van der Waals surface area contributed by atoms with Crippen molar-refractivity contribution < 1.29 is 25.2 Å². The van der Waals surface area contributed by atoms with Gasteiger partial charge in [0.2, 0.25) is 0 Å². The molecule has 0 radical (unpaired) electrons. The van der Waals surface area contributed by atoms with Crippen LogP contribution in [0.2, 0.25) is 5.02 Å². The quantitative estimate of drug-likeness (QED) is 0.608. The van der Waals surface area contributed by atoms with Crippen LogP contribution >= 0.6 is 11.6 Å². The zero-order valence-corrected chi connectivity index (χ0v) is 11.4. The summed E-state index contributed by atoms with van der Waals surface area (Å²) < 4.78 is 5.51. The van der Waals surface area contributed by atoms with Crippen molar-refractivity contribution in [1.82, 2.24) is 0 Å². The van der Waals surface area contributed by atoms with Gasteiger partial charge in [0.25, 0.3) is 0 Å². The summed E-state index contributed by atoms with van der Waals surface area (Å²) in [7, 11) is 0. The van der Waals surface area contributed by atoms with Crippen molar-refractivity contribution >= 4 is 23.3 Å². The van der Waals surface area contributed by atoms with E-state index in [1.807, 2.05) is 0 Å². The number of rotatable bonds is 1. The average Bonchev–Trinajstić information content (AvgIpc) is 2.47. The molecule has 3 rings (SSSR count). The monoisotopic (exact) mass is 306 g/mol. The summed E-state index contributed by atoms with van der Waals surface area (Å²) >= 11 is 5.92. The minimum Gasteiger partial charge on any atom is -0.504 e. The highest BCUT2D eigenvalue weighted by atomic mass is 35.5. The second-order valence-electron chi connectivity index (χ2n) is 4.64. The van der Waals surface area contributed by atoms with Crippen LogP contribution in [0.4, 0.5) is 0 Å². The van der Waals surface area contributed by atoms with Gasteiger partial charge in [-0.05, 0) is 35.4 Å². The van der Waals surface area contributed by atoms with E-state index < -0.39 is 5.75 Å². The van der Waals surface area contributed by atoms with Crippen molar-refractivity contribution in [3.8, 4) is 28.7 Å². The molecule has 6 heteroatoms. The number of phenols is 4. The lowest BCUT2D eigenvalue weighted by atomic mass is 10.00. The summed E-state index contributed by atoms with van der Waals surface area (Å²) in [5.41, 5.74) is 1.92. The fraction of sp³-hybridized carbons (Fsp3) is 0.0667. The van der Waals surface area contributed by atoms with Gasteiger partial charge in [-0.3, -0.25) is 0 Å². The first-order valence-corrected chi connectivity index (χ1v) is 6.45. The Kier molecular flexibility index (Phi) is 3.07. The summed E-state index contributed by atoms with van der Waals surface area (Å²) in [5, 5.41) is 38.0. The summed E-state index contributed by atoms with van der Waals surface area (Å²) in [6.45, 7) is 0.182. The lowest BCUT2D eigenvalue weighted by molar-refractivity contribution is 0.356. The molecule has 0 saturated carbocycles. The molecule has 0 unspecified atom stereocenters. The number of ether oxygens (including phenoxy) is 1. The fourth-order valence-electron chi connectivity index (χ4n) is 2.15. The van der Waals surface area contributed by atoms with Crippen LogP contribution in [-0.4, -0.2) is 27.0 Å². The first kappa shape index (κ1) is 13.5. The molecule has 4 N–H and O–H groups in total. The van der Waals surface area contributed by atoms with Crippen LogP contribution in [0.5, 0.6) is 28.7 Å². The van der Waals surface area contributed by atoms with Gasteiger partial charge < -0.3 is 25.2 Å². The van der Waals surface area contributed by atoms with E-state index in [1.165, 1.54) is 18.2 Å². The van der Waals surface area contributed by atoms with Gasteiger partial charge in [0, 0.05) is 5.56 Å². The Balaban J connectivity index is 2.10. The molecular formula is C15H11ClO5. The topological polar surface area (TPSA) is 90.2 Å². The van der Waals surface area contributed by atoms with Crippen LogP contribution in [-0.2, 0) is 0 Å². The summed E-state index contributed by atoms with van der Waals surface area (Å²) in [4.78, 5) is 0. The maximum absolute atomic E-state index is 9.60. The van der Waals surface area contributed by atoms with Crippen LogP contribution in [0.25, 0.3) is 11.6 Å². The van der Waals surface area contributed by atoms with E-state index in [0.717, 1.165) is 5.57 Å². The molecule has 108 valence electrons. The number of hydrogen-bond donors (Lipinski definition) is 4. The number of benzene rings is 2. The molecule has 1 heterocycles. The predicted molar refractivity (Wildman–Crippen MR) is 77.9 cm³/mol. The summed E-state index contributed by atoms with van der Waals surface area (Å²) in [5.74, 6) is -0.908. The van der Waals surface area contributed by atoms with Crippen molar-refractivity contribution in [2.75, 3.05) is 6.61 Å². The molecule has 21 heavy (non-hydrogen) atoms. The molecule has 0 aromatic heterocycles. The van der Waals surface area contributed by atoms with E-state index in [-0.39, 0.29) is 28.9 Å². The SMILES string of the molecule is Oc1ccc(C2=Cc3cc(O)c(O)c(Cl)c3OC2)cc1O. The van der Waals surface area contributed by atoms with Crippen LogP contribution in [0.15, 0.2) is 24.3 Å². The molecule has 5 nitrogen and oxygen atoms in total. The molecule has 1 aliphatic heterocycles. The minimum atomic E-state index is -0.422. The van der Waals surface area contributed by atoms with Crippen LogP contribution < -0.4 is 4.74 Å². The van der Waals surface area contributed by atoms with Crippen LogP contribution in [0.3, 0.4) is 0 Å². The Bertz CT molecular complexity index is 767. The van der Waals surface area contributed by atoms with Crippen LogP contribution in [0, 0.1) is 0 Å². The highest BCUT2D eigenvalue weighted by Crippen LogP contribution is 2.46.